The molecule has 1 fully saturated rings. The van der Waals surface area contributed by atoms with E-state index >= 15 is 0 Å². The van der Waals surface area contributed by atoms with Crippen LogP contribution in [0.1, 0.15) is 63.4 Å². The van der Waals surface area contributed by atoms with Gasteiger partial charge in [0.15, 0.2) is 5.11 Å². The van der Waals surface area contributed by atoms with Gasteiger partial charge in [-0.2, -0.15) is 0 Å². The number of carbonyl (C=O) groups excluding carboxylic acids is 1. The highest BCUT2D eigenvalue weighted by molar-refractivity contribution is 7.80. The van der Waals surface area contributed by atoms with Gasteiger partial charge in [-0.1, -0.05) is 36.4 Å². The van der Waals surface area contributed by atoms with Gasteiger partial charge in [-0.15, -0.1) is 0 Å². The number of aromatic nitrogens is 2. The van der Waals surface area contributed by atoms with Crippen LogP contribution in [0.2, 0.25) is 0 Å². The molecule has 2 atom stereocenters. The number of hydrogen-bond acceptors (Lipinski definition) is 3. The van der Waals surface area contributed by atoms with Crippen LogP contribution < -0.4 is 10.6 Å². The fraction of sp³-hybridized carbons (Fsp3) is 0.303. The molecule has 3 heterocycles. The molecule has 1 amide bonds. The van der Waals surface area contributed by atoms with Gasteiger partial charge in [0, 0.05) is 36.2 Å². The monoisotopic (exact) mass is 551 g/mol. The lowest BCUT2D eigenvalue weighted by atomic mass is 9.96. The Hall–Kier alpha value is -3.97. The molecule has 2 aromatic carbocycles. The first-order valence-electron chi connectivity index (χ1n) is 13.8. The molecule has 7 heteroatoms. The number of carbonyl (C=O) groups is 1. The Morgan fingerprint density at radius 1 is 0.950 bits per heavy atom. The Labute approximate surface area is 242 Å². The zero-order valence-electron chi connectivity index (χ0n) is 24.1. The van der Waals surface area contributed by atoms with E-state index < -0.39 is 0 Å². The maximum Gasteiger partial charge on any atom is 0.226 e. The van der Waals surface area contributed by atoms with Gasteiger partial charge in [-0.05, 0) is 106 Å². The summed E-state index contributed by atoms with van der Waals surface area (Å²) in [5.74, 6) is -0.0301. The van der Waals surface area contributed by atoms with E-state index in [2.05, 4.69) is 83.1 Å². The van der Waals surface area contributed by atoms with Gasteiger partial charge in [0.2, 0.25) is 5.91 Å². The first kappa shape index (κ1) is 27.6. The summed E-state index contributed by atoms with van der Waals surface area (Å²) < 4.78 is 2.35. The maximum atomic E-state index is 13.1. The smallest absolute Gasteiger partial charge is 0.226 e. The Balaban J connectivity index is 1.50. The molecule has 0 spiro atoms. The largest absolute Gasteiger partial charge is 0.352 e. The van der Waals surface area contributed by atoms with Crippen molar-refractivity contribution in [3.05, 3.63) is 112 Å². The quantitative estimate of drug-likeness (QED) is 0.250. The standard InChI is InChI=1S/C33H37N5OS/c1-20-13-14-21(2)28(18-20)35-29(39)15-17-37-32(30(36-33(37)40)27-12-7-8-16-34-27)26-19-24(5)38(25(26)6)31-22(3)10-9-11-23(31)4/h7-14,16,18-19,30,32H,15,17H2,1-6H3,(H,35,39)(H,36,40)/t30-,32-/m1/s1. The minimum Gasteiger partial charge on any atom is -0.352 e. The number of para-hydroxylation sites is 1. The van der Waals surface area contributed by atoms with Crippen molar-refractivity contribution in [2.24, 2.45) is 0 Å². The molecule has 0 unspecified atom stereocenters. The summed E-state index contributed by atoms with van der Waals surface area (Å²) in [5.41, 5.74) is 11.1. The SMILES string of the molecule is Cc1ccc(C)c(NC(=O)CCN2C(=S)N[C@H](c3ccccn3)[C@H]2c2cc(C)n(-c3c(C)cccc3C)c2C)c1. The van der Waals surface area contributed by atoms with Crippen LogP contribution in [0.3, 0.4) is 0 Å². The molecule has 2 N–H and O–H groups in total. The van der Waals surface area contributed by atoms with Crippen LogP contribution in [-0.2, 0) is 4.79 Å². The Morgan fingerprint density at radius 3 is 2.40 bits per heavy atom. The summed E-state index contributed by atoms with van der Waals surface area (Å²) >= 11 is 5.88. The van der Waals surface area contributed by atoms with Crippen molar-refractivity contribution >= 4 is 28.9 Å². The second kappa shape index (κ2) is 11.3. The van der Waals surface area contributed by atoms with E-state index in [0.717, 1.165) is 33.9 Å². The van der Waals surface area contributed by atoms with Gasteiger partial charge < -0.3 is 20.1 Å². The summed E-state index contributed by atoms with van der Waals surface area (Å²) in [4.78, 5) is 19.9. The highest BCUT2D eigenvalue weighted by Gasteiger charge is 2.41. The third kappa shape index (κ3) is 5.26. The van der Waals surface area contributed by atoms with Gasteiger partial charge >= 0.3 is 0 Å². The number of pyridine rings is 1. The lowest BCUT2D eigenvalue weighted by Gasteiger charge is -2.28. The van der Waals surface area contributed by atoms with E-state index in [1.807, 2.05) is 50.4 Å². The summed E-state index contributed by atoms with van der Waals surface area (Å²) in [6.07, 6.45) is 2.13. The van der Waals surface area contributed by atoms with Crippen molar-refractivity contribution in [3.8, 4) is 5.69 Å². The average Bonchev–Trinajstić information content (AvgIpc) is 3.40. The number of benzene rings is 2. The van der Waals surface area contributed by atoms with Crippen LogP contribution in [0.25, 0.3) is 5.69 Å². The fourth-order valence-corrected chi connectivity index (χ4v) is 6.21. The van der Waals surface area contributed by atoms with Crippen molar-refractivity contribution in [1.29, 1.82) is 0 Å². The number of anilines is 1. The van der Waals surface area contributed by atoms with Gasteiger partial charge in [0.25, 0.3) is 0 Å². The summed E-state index contributed by atoms with van der Waals surface area (Å²) in [7, 11) is 0. The van der Waals surface area contributed by atoms with Crippen molar-refractivity contribution < 1.29 is 4.79 Å². The van der Waals surface area contributed by atoms with Gasteiger partial charge in [0.1, 0.15) is 0 Å². The summed E-state index contributed by atoms with van der Waals surface area (Å²) in [6, 6.07) is 20.5. The van der Waals surface area contributed by atoms with Crippen LogP contribution in [0.15, 0.2) is 66.9 Å². The van der Waals surface area contributed by atoms with Crippen LogP contribution in [0.5, 0.6) is 0 Å². The lowest BCUT2D eigenvalue weighted by Crippen LogP contribution is -2.33. The second-order valence-corrected chi connectivity index (χ2v) is 11.2. The van der Waals surface area contributed by atoms with Gasteiger partial charge in [0.05, 0.1) is 23.5 Å². The minimum absolute atomic E-state index is 0.0301. The third-order valence-corrected chi connectivity index (χ3v) is 8.25. The molecular weight excluding hydrogens is 514 g/mol. The number of nitrogens with one attached hydrogen (secondary N) is 2. The van der Waals surface area contributed by atoms with Gasteiger partial charge in [-0.3, -0.25) is 9.78 Å². The molecular formula is C33H37N5OS. The first-order chi connectivity index (χ1) is 19.2. The third-order valence-electron chi connectivity index (χ3n) is 7.90. The molecule has 206 valence electrons. The Kier molecular flexibility index (Phi) is 7.76. The predicted octanol–water partition coefficient (Wildman–Crippen LogP) is 6.72. The van der Waals surface area contributed by atoms with E-state index in [0.29, 0.717) is 18.1 Å². The zero-order valence-corrected chi connectivity index (χ0v) is 24.9. The topological polar surface area (TPSA) is 62.2 Å². The van der Waals surface area contributed by atoms with Gasteiger partial charge in [-0.25, -0.2) is 0 Å². The van der Waals surface area contributed by atoms with Crippen molar-refractivity contribution in [1.82, 2.24) is 19.8 Å². The van der Waals surface area contributed by atoms with E-state index in [9.17, 15) is 4.79 Å². The second-order valence-electron chi connectivity index (χ2n) is 10.8. The van der Waals surface area contributed by atoms with Crippen LogP contribution in [0, 0.1) is 41.5 Å². The molecule has 40 heavy (non-hydrogen) atoms. The average molecular weight is 552 g/mol. The summed E-state index contributed by atoms with van der Waals surface area (Å²) in [6.45, 7) is 13.2. The normalized spacial score (nSPS) is 16.8. The minimum atomic E-state index is -0.136. The van der Waals surface area contributed by atoms with Crippen molar-refractivity contribution in [2.45, 2.75) is 60.0 Å². The molecule has 5 rings (SSSR count). The molecule has 6 nitrogen and oxygen atoms in total. The van der Waals surface area contributed by atoms with Crippen LogP contribution >= 0.6 is 12.2 Å². The lowest BCUT2D eigenvalue weighted by molar-refractivity contribution is -0.116. The van der Waals surface area contributed by atoms with Crippen LogP contribution in [-0.4, -0.2) is 32.0 Å². The fourth-order valence-electron chi connectivity index (χ4n) is 5.88. The molecule has 0 bridgehead atoms. The summed E-state index contributed by atoms with van der Waals surface area (Å²) in [5, 5.41) is 7.27. The Morgan fingerprint density at radius 2 is 1.70 bits per heavy atom. The van der Waals surface area contributed by atoms with E-state index in [1.54, 1.807) is 0 Å². The molecule has 4 aromatic rings. The number of thiocarbonyl (C=S) groups is 1. The number of hydrogen-bond donors (Lipinski definition) is 2. The van der Waals surface area contributed by atoms with Crippen molar-refractivity contribution in [2.75, 3.05) is 11.9 Å². The number of rotatable bonds is 7. The first-order valence-corrected chi connectivity index (χ1v) is 14.2. The van der Waals surface area contributed by atoms with Crippen molar-refractivity contribution in [3.63, 3.8) is 0 Å². The van der Waals surface area contributed by atoms with Crippen LogP contribution in [0.4, 0.5) is 5.69 Å². The molecule has 0 saturated carbocycles. The molecule has 1 aliphatic heterocycles. The number of aryl methyl sites for hydroxylation is 5. The molecule has 1 saturated heterocycles. The van der Waals surface area contributed by atoms with E-state index in [1.165, 1.54) is 22.4 Å². The number of nitrogens with zero attached hydrogens (tertiary/aromatic N) is 3. The molecule has 0 radical (unpaired) electrons. The predicted molar refractivity (Wildman–Crippen MR) is 166 cm³/mol. The highest BCUT2D eigenvalue weighted by atomic mass is 32.1. The number of amides is 1. The maximum absolute atomic E-state index is 13.1. The molecule has 2 aromatic heterocycles. The van der Waals surface area contributed by atoms with E-state index in [4.69, 9.17) is 12.2 Å². The highest BCUT2D eigenvalue weighted by Crippen LogP contribution is 2.42. The zero-order chi connectivity index (χ0) is 28.6. The molecule has 0 aliphatic carbocycles. The van der Waals surface area contributed by atoms with E-state index in [-0.39, 0.29) is 18.0 Å². The Bertz CT molecular complexity index is 1560. The molecule has 1 aliphatic rings.